The number of alkyl halides is 2. The van der Waals surface area contributed by atoms with E-state index >= 15 is 0 Å². The van der Waals surface area contributed by atoms with Crippen LogP contribution in [-0.4, -0.2) is 37.2 Å². The number of hydrogen-bond acceptors (Lipinski definition) is 3. The van der Waals surface area contributed by atoms with Crippen LogP contribution in [0.15, 0.2) is 18.2 Å². The van der Waals surface area contributed by atoms with Crippen LogP contribution >= 0.6 is 11.6 Å². The Kier molecular flexibility index (Phi) is 4.96. The van der Waals surface area contributed by atoms with Gasteiger partial charge in [0.05, 0.1) is 5.02 Å². The Morgan fingerprint density at radius 2 is 2.32 bits per heavy atom. The van der Waals surface area contributed by atoms with Crippen molar-refractivity contribution in [1.29, 1.82) is 0 Å². The van der Waals surface area contributed by atoms with Crippen molar-refractivity contribution < 1.29 is 13.5 Å². The summed E-state index contributed by atoms with van der Waals surface area (Å²) in [5.41, 5.74) is 1.00. The first-order chi connectivity index (χ1) is 9.04. The van der Waals surface area contributed by atoms with Gasteiger partial charge in [0.15, 0.2) is 0 Å². The number of rotatable bonds is 4. The summed E-state index contributed by atoms with van der Waals surface area (Å²) in [7, 11) is 0. The van der Waals surface area contributed by atoms with E-state index in [2.05, 4.69) is 21.9 Å². The van der Waals surface area contributed by atoms with Crippen molar-refractivity contribution in [3.05, 3.63) is 28.8 Å². The molecule has 0 aliphatic carbocycles. The van der Waals surface area contributed by atoms with Crippen LogP contribution in [0.25, 0.3) is 0 Å². The van der Waals surface area contributed by atoms with Gasteiger partial charge >= 0.3 is 6.61 Å². The van der Waals surface area contributed by atoms with Crippen LogP contribution in [0.2, 0.25) is 5.02 Å². The van der Waals surface area contributed by atoms with E-state index in [1.807, 2.05) is 0 Å². The lowest BCUT2D eigenvalue weighted by Gasteiger charge is -2.31. The molecule has 1 heterocycles. The van der Waals surface area contributed by atoms with E-state index in [9.17, 15) is 8.78 Å². The van der Waals surface area contributed by atoms with Gasteiger partial charge in [-0.3, -0.25) is 4.90 Å². The number of hydrogen-bond donors (Lipinski definition) is 1. The largest absolute Gasteiger partial charge is 0.433 e. The van der Waals surface area contributed by atoms with Crippen molar-refractivity contribution in [1.82, 2.24) is 10.2 Å². The molecule has 106 valence electrons. The summed E-state index contributed by atoms with van der Waals surface area (Å²) in [4.78, 5) is 2.31. The fourth-order valence-electron chi connectivity index (χ4n) is 2.25. The zero-order chi connectivity index (χ0) is 13.8. The molecule has 1 fully saturated rings. The first kappa shape index (κ1) is 14.5. The van der Waals surface area contributed by atoms with Gasteiger partial charge in [-0.05, 0) is 24.6 Å². The number of halogens is 3. The molecule has 0 unspecified atom stereocenters. The third kappa shape index (κ3) is 4.30. The molecule has 1 atom stereocenters. The second kappa shape index (κ2) is 6.50. The molecule has 1 N–H and O–H groups in total. The van der Waals surface area contributed by atoms with Gasteiger partial charge in [-0.2, -0.15) is 8.78 Å². The van der Waals surface area contributed by atoms with Crippen molar-refractivity contribution in [2.75, 3.05) is 19.6 Å². The molecule has 19 heavy (non-hydrogen) atoms. The minimum absolute atomic E-state index is 0.0223. The lowest BCUT2D eigenvalue weighted by Crippen LogP contribution is -2.48. The van der Waals surface area contributed by atoms with Gasteiger partial charge < -0.3 is 10.1 Å². The molecular formula is C13H17ClF2N2O. The SMILES string of the molecule is C[C@H]1CN(Cc2ccc(OC(F)F)c(Cl)c2)CCN1. The van der Waals surface area contributed by atoms with Crippen molar-refractivity contribution in [2.24, 2.45) is 0 Å². The van der Waals surface area contributed by atoms with Crippen molar-refractivity contribution in [2.45, 2.75) is 26.1 Å². The highest BCUT2D eigenvalue weighted by molar-refractivity contribution is 6.32. The Bertz CT molecular complexity index is 431. The molecule has 0 aromatic heterocycles. The molecule has 1 saturated heterocycles. The molecule has 1 aliphatic heterocycles. The molecule has 3 nitrogen and oxygen atoms in total. The van der Waals surface area contributed by atoms with Gasteiger partial charge in [0.25, 0.3) is 0 Å². The van der Waals surface area contributed by atoms with Crippen LogP contribution in [0.3, 0.4) is 0 Å². The quantitative estimate of drug-likeness (QED) is 0.923. The van der Waals surface area contributed by atoms with Crippen molar-refractivity contribution in [3.63, 3.8) is 0 Å². The van der Waals surface area contributed by atoms with Crippen LogP contribution < -0.4 is 10.1 Å². The van der Waals surface area contributed by atoms with Gasteiger partial charge in [0.1, 0.15) is 5.75 Å². The normalized spacial score (nSPS) is 20.8. The number of benzene rings is 1. The number of nitrogens with one attached hydrogen (secondary N) is 1. The molecule has 2 rings (SSSR count). The Morgan fingerprint density at radius 1 is 1.53 bits per heavy atom. The second-order valence-corrected chi connectivity index (χ2v) is 5.14. The summed E-state index contributed by atoms with van der Waals surface area (Å²) in [6, 6.07) is 5.42. The highest BCUT2D eigenvalue weighted by Crippen LogP contribution is 2.27. The van der Waals surface area contributed by atoms with Crippen LogP contribution in [0.5, 0.6) is 5.75 Å². The Labute approximate surface area is 116 Å². The highest BCUT2D eigenvalue weighted by Gasteiger charge is 2.16. The molecule has 1 aromatic carbocycles. The van der Waals surface area contributed by atoms with Gasteiger partial charge in [0, 0.05) is 32.2 Å². The summed E-state index contributed by atoms with van der Waals surface area (Å²) < 4.78 is 28.6. The van der Waals surface area contributed by atoms with E-state index in [0.717, 1.165) is 31.7 Å². The molecule has 0 bridgehead atoms. The summed E-state index contributed by atoms with van der Waals surface area (Å²) in [6.45, 7) is 2.95. The first-order valence-corrected chi connectivity index (χ1v) is 6.61. The third-order valence-electron chi connectivity index (χ3n) is 3.07. The van der Waals surface area contributed by atoms with Crippen LogP contribution in [0, 0.1) is 0 Å². The van der Waals surface area contributed by atoms with E-state index in [1.54, 1.807) is 12.1 Å². The average molecular weight is 291 g/mol. The maximum Gasteiger partial charge on any atom is 0.387 e. The predicted octanol–water partition coefficient (Wildman–Crippen LogP) is 2.74. The third-order valence-corrected chi connectivity index (χ3v) is 3.37. The molecule has 6 heteroatoms. The van der Waals surface area contributed by atoms with Crippen molar-refractivity contribution >= 4 is 11.6 Å². The minimum Gasteiger partial charge on any atom is -0.433 e. The van der Waals surface area contributed by atoms with E-state index in [4.69, 9.17) is 11.6 Å². The number of piperazine rings is 1. The van der Waals surface area contributed by atoms with Crippen LogP contribution in [0.1, 0.15) is 12.5 Å². The zero-order valence-electron chi connectivity index (χ0n) is 10.7. The minimum atomic E-state index is -2.85. The van der Waals surface area contributed by atoms with E-state index in [-0.39, 0.29) is 10.8 Å². The smallest absolute Gasteiger partial charge is 0.387 e. The topological polar surface area (TPSA) is 24.5 Å². The van der Waals surface area contributed by atoms with Gasteiger partial charge in [-0.25, -0.2) is 0 Å². The van der Waals surface area contributed by atoms with Gasteiger partial charge in [0.2, 0.25) is 0 Å². The average Bonchev–Trinajstić information content (AvgIpc) is 2.32. The van der Waals surface area contributed by atoms with Gasteiger partial charge in [-0.1, -0.05) is 17.7 Å². The lowest BCUT2D eigenvalue weighted by molar-refractivity contribution is -0.0498. The van der Waals surface area contributed by atoms with Crippen LogP contribution in [0.4, 0.5) is 8.78 Å². The zero-order valence-corrected chi connectivity index (χ0v) is 11.5. The van der Waals surface area contributed by atoms with E-state index in [0.29, 0.717) is 6.04 Å². The maximum atomic E-state index is 12.1. The molecule has 0 amide bonds. The predicted molar refractivity (Wildman–Crippen MR) is 70.8 cm³/mol. The number of nitrogens with zero attached hydrogens (tertiary/aromatic N) is 1. The monoisotopic (exact) mass is 290 g/mol. The molecule has 0 radical (unpaired) electrons. The van der Waals surface area contributed by atoms with E-state index < -0.39 is 6.61 Å². The fourth-order valence-corrected chi connectivity index (χ4v) is 2.50. The lowest BCUT2D eigenvalue weighted by atomic mass is 10.1. The Balaban J connectivity index is 1.99. The first-order valence-electron chi connectivity index (χ1n) is 6.23. The summed E-state index contributed by atoms with van der Waals surface area (Å²) in [5.74, 6) is 0.0223. The molecule has 0 saturated carbocycles. The van der Waals surface area contributed by atoms with Crippen LogP contribution in [-0.2, 0) is 6.54 Å². The Morgan fingerprint density at radius 3 is 2.95 bits per heavy atom. The number of ether oxygens (including phenoxy) is 1. The molecule has 1 aromatic rings. The summed E-state index contributed by atoms with van der Waals surface area (Å²) in [6.07, 6.45) is 0. The van der Waals surface area contributed by atoms with Crippen molar-refractivity contribution in [3.8, 4) is 5.75 Å². The standard InChI is InChI=1S/C13H17ClF2N2O/c1-9-7-18(5-4-17-9)8-10-2-3-12(11(14)6-10)19-13(15)16/h2-3,6,9,13,17H,4-5,7-8H2,1H3/t9-/m0/s1. The summed E-state index contributed by atoms with van der Waals surface area (Å²) in [5, 5.41) is 3.59. The molecular weight excluding hydrogens is 274 g/mol. The fraction of sp³-hybridized carbons (Fsp3) is 0.538. The van der Waals surface area contributed by atoms with Gasteiger partial charge in [-0.15, -0.1) is 0 Å². The van der Waals surface area contributed by atoms with E-state index in [1.165, 1.54) is 6.07 Å². The molecule has 1 aliphatic rings. The second-order valence-electron chi connectivity index (χ2n) is 4.73. The Hall–Kier alpha value is -0.910. The maximum absolute atomic E-state index is 12.1. The highest BCUT2D eigenvalue weighted by atomic mass is 35.5. The summed E-state index contributed by atoms with van der Waals surface area (Å²) >= 11 is 5.93. The molecule has 0 spiro atoms.